The van der Waals surface area contributed by atoms with Gasteiger partial charge in [0.1, 0.15) is 11.5 Å². The molecule has 0 fully saturated rings. The lowest BCUT2D eigenvalue weighted by molar-refractivity contribution is -0.385. The first-order chi connectivity index (χ1) is 8.58. The number of benzene rings is 1. The Kier molecular flexibility index (Phi) is 5.30. The fourth-order valence-electron chi connectivity index (χ4n) is 1.66. The SMILES string of the molecule is CCCCC(=O)Cc1ccc(OC)cc1[N+](=O)[O-]. The molecule has 0 atom stereocenters. The number of nitro groups is 1. The summed E-state index contributed by atoms with van der Waals surface area (Å²) in [4.78, 5) is 22.1. The van der Waals surface area contributed by atoms with Crippen molar-refractivity contribution in [3.63, 3.8) is 0 Å². The summed E-state index contributed by atoms with van der Waals surface area (Å²) in [6.07, 6.45) is 2.35. The molecule has 1 rings (SSSR count). The highest BCUT2D eigenvalue weighted by Crippen LogP contribution is 2.25. The van der Waals surface area contributed by atoms with Crippen LogP contribution in [0.5, 0.6) is 5.75 Å². The predicted molar refractivity (Wildman–Crippen MR) is 67.9 cm³/mol. The molecule has 0 radical (unpaired) electrons. The number of ketones is 1. The zero-order valence-corrected chi connectivity index (χ0v) is 10.6. The Bertz CT molecular complexity index is 443. The molecular weight excluding hydrogens is 234 g/mol. The van der Waals surface area contributed by atoms with Gasteiger partial charge in [-0.25, -0.2) is 0 Å². The van der Waals surface area contributed by atoms with Crippen LogP contribution in [0.4, 0.5) is 5.69 Å². The predicted octanol–water partition coefficient (Wildman–Crippen LogP) is 2.91. The van der Waals surface area contributed by atoms with Gasteiger partial charge < -0.3 is 4.74 Å². The van der Waals surface area contributed by atoms with Gasteiger partial charge >= 0.3 is 0 Å². The number of ether oxygens (including phenoxy) is 1. The molecule has 98 valence electrons. The molecule has 0 heterocycles. The second kappa shape index (κ2) is 6.74. The summed E-state index contributed by atoms with van der Waals surface area (Å²) >= 11 is 0. The Labute approximate surface area is 106 Å². The van der Waals surface area contributed by atoms with Crippen molar-refractivity contribution >= 4 is 11.5 Å². The minimum Gasteiger partial charge on any atom is -0.497 e. The molecule has 0 saturated carbocycles. The van der Waals surface area contributed by atoms with Crippen molar-refractivity contribution in [1.29, 1.82) is 0 Å². The summed E-state index contributed by atoms with van der Waals surface area (Å²) in [5.41, 5.74) is 0.390. The summed E-state index contributed by atoms with van der Waals surface area (Å²) in [5.74, 6) is 0.455. The van der Waals surface area contributed by atoms with E-state index in [1.165, 1.54) is 13.2 Å². The van der Waals surface area contributed by atoms with Crippen LogP contribution in [0.15, 0.2) is 18.2 Å². The number of hydrogen-bond acceptors (Lipinski definition) is 4. The van der Waals surface area contributed by atoms with Crippen molar-refractivity contribution in [2.24, 2.45) is 0 Å². The number of hydrogen-bond donors (Lipinski definition) is 0. The molecule has 0 aromatic heterocycles. The Morgan fingerprint density at radius 2 is 2.17 bits per heavy atom. The number of carbonyl (C=O) groups is 1. The quantitative estimate of drug-likeness (QED) is 0.552. The topological polar surface area (TPSA) is 69.4 Å². The van der Waals surface area contributed by atoms with E-state index in [1.807, 2.05) is 6.92 Å². The largest absolute Gasteiger partial charge is 0.497 e. The fourth-order valence-corrected chi connectivity index (χ4v) is 1.66. The number of nitro benzene ring substituents is 1. The Morgan fingerprint density at radius 1 is 1.44 bits per heavy atom. The van der Waals surface area contributed by atoms with Crippen LogP contribution in [0.1, 0.15) is 31.7 Å². The van der Waals surface area contributed by atoms with Crippen molar-refractivity contribution in [2.75, 3.05) is 7.11 Å². The van der Waals surface area contributed by atoms with E-state index in [-0.39, 0.29) is 17.9 Å². The number of rotatable bonds is 7. The van der Waals surface area contributed by atoms with Crippen LogP contribution in [0, 0.1) is 10.1 Å². The van der Waals surface area contributed by atoms with Gasteiger partial charge in [-0.05, 0) is 18.6 Å². The molecule has 0 aliphatic carbocycles. The fraction of sp³-hybridized carbons (Fsp3) is 0.462. The molecule has 0 saturated heterocycles. The molecule has 0 N–H and O–H groups in total. The Morgan fingerprint density at radius 3 is 2.72 bits per heavy atom. The van der Waals surface area contributed by atoms with Crippen molar-refractivity contribution in [3.05, 3.63) is 33.9 Å². The first kappa shape index (κ1) is 14.2. The second-order valence-electron chi connectivity index (χ2n) is 4.07. The van der Waals surface area contributed by atoms with Crippen LogP contribution in [-0.4, -0.2) is 17.8 Å². The lowest BCUT2D eigenvalue weighted by Crippen LogP contribution is -2.05. The average Bonchev–Trinajstić information content (AvgIpc) is 2.36. The molecule has 1 aromatic rings. The minimum absolute atomic E-state index is 0.0325. The molecule has 0 bridgehead atoms. The molecule has 0 aliphatic rings. The molecular formula is C13H17NO4. The van der Waals surface area contributed by atoms with Crippen LogP contribution in [0.2, 0.25) is 0 Å². The first-order valence-electron chi connectivity index (χ1n) is 5.91. The molecule has 5 nitrogen and oxygen atoms in total. The van der Waals surface area contributed by atoms with Gasteiger partial charge in [-0.15, -0.1) is 0 Å². The molecule has 18 heavy (non-hydrogen) atoms. The van der Waals surface area contributed by atoms with Crippen molar-refractivity contribution < 1.29 is 14.5 Å². The van der Waals surface area contributed by atoms with E-state index in [0.29, 0.717) is 17.7 Å². The van der Waals surface area contributed by atoms with E-state index in [9.17, 15) is 14.9 Å². The highest BCUT2D eigenvalue weighted by atomic mass is 16.6. The van der Waals surface area contributed by atoms with E-state index in [4.69, 9.17) is 4.74 Å². The normalized spacial score (nSPS) is 10.1. The van der Waals surface area contributed by atoms with Gasteiger partial charge in [0.25, 0.3) is 5.69 Å². The van der Waals surface area contributed by atoms with Gasteiger partial charge in [-0.1, -0.05) is 13.3 Å². The standard InChI is InChI=1S/C13H17NO4/c1-3-4-5-11(15)8-10-6-7-12(18-2)9-13(10)14(16)17/h6-7,9H,3-5,8H2,1-2H3. The summed E-state index contributed by atoms with van der Waals surface area (Å²) < 4.78 is 4.94. The maximum atomic E-state index is 11.6. The first-order valence-corrected chi connectivity index (χ1v) is 5.91. The smallest absolute Gasteiger partial charge is 0.276 e. The summed E-state index contributed by atoms with van der Waals surface area (Å²) in [7, 11) is 1.45. The Hall–Kier alpha value is -1.91. The average molecular weight is 251 g/mol. The highest BCUT2D eigenvalue weighted by molar-refractivity contribution is 5.82. The third-order valence-corrected chi connectivity index (χ3v) is 2.69. The van der Waals surface area contributed by atoms with Crippen LogP contribution in [0.3, 0.4) is 0 Å². The number of unbranched alkanes of at least 4 members (excludes halogenated alkanes) is 1. The summed E-state index contributed by atoms with van der Waals surface area (Å²) in [6.45, 7) is 2.00. The van der Waals surface area contributed by atoms with Crippen LogP contribution in [0.25, 0.3) is 0 Å². The maximum absolute atomic E-state index is 11.6. The molecule has 5 heteroatoms. The van der Waals surface area contributed by atoms with Crippen LogP contribution < -0.4 is 4.74 Å². The van der Waals surface area contributed by atoms with Gasteiger partial charge in [0.15, 0.2) is 0 Å². The lowest BCUT2D eigenvalue weighted by atomic mass is 10.0. The van der Waals surface area contributed by atoms with E-state index in [0.717, 1.165) is 12.8 Å². The van der Waals surface area contributed by atoms with Crippen molar-refractivity contribution in [3.8, 4) is 5.75 Å². The van der Waals surface area contributed by atoms with Crippen LogP contribution in [-0.2, 0) is 11.2 Å². The van der Waals surface area contributed by atoms with E-state index >= 15 is 0 Å². The molecule has 0 amide bonds. The number of nitrogens with zero attached hydrogens (tertiary/aromatic N) is 1. The molecule has 0 aliphatic heterocycles. The third kappa shape index (κ3) is 3.84. The van der Waals surface area contributed by atoms with E-state index < -0.39 is 4.92 Å². The zero-order valence-electron chi connectivity index (χ0n) is 10.6. The maximum Gasteiger partial charge on any atom is 0.276 e. The summed E-state index contributed by atoms with van der Waals surface area (Å²) in [5, 5.41) is 10.9. The minimum atomic E-state index is -0.481. The second-order valence-corrected chi connectivity index (χ2v) is 4.07. The molecule has 0 unspecified atom stereocenters. The Balaban J connectivity index is 2.87. The van der Waals surface area contributed by atoms with Gasteiger partial charge in [-0.2, -0.15) is 0 Å². The third-order valence-electron chi connectivity index (χ3n) is 2.69. The van der Waals surface area contributed by atoms with E-state index in [1.54, 1.807) is 12.1 Å². The van der Waals surface area contributed by atoms with Gasteiger partial charge in [-0.3, -0.25) is 14.9 Å². The summed E-state index contributed by atoms with van der Waals surface area (Å²) in [6, 6.07) is 4.57. The van der Waals surface area contributed by atoms with Crippen molar-refractivity contribution in [2.45, 2.75) is 32.6 Å². The van der Waals surface area contributed by atoms with Gasteiger partial charge in [0, 0.05) is 18.4 Å². The van der Waals surface area contributed by atoms with Gasteiger partial charge in [0.2, 0.25) is 0 Å². The monoisotopic (exact) mass is 251 g/mol. The number of Topliss-reactive ketones (excluding diaryl/α,β-unsaturated/α-hetero) is 1. The van der Waals surface area contributed by atoms with Crippen LogP contribution >= 0.6 is 0 Å². The van der Waals surface area contributed by atoms with Gasteiger partial charge in [0.05, 0.1) is 18.1 Å². The van der Waals surface area contributed by atoms with E-state index in [2.05, 4.69) is 0 Å². The molecule has 1 aromatic carbocycles. The highest BCUT2D eigenvalue weighted by Gasteiger charge is 2.17. The number of methoxy groups -OCH3 is 1. The molecule has 0 spiro atoms. The zero-order chi connectivity index (χ0) is 13.5. The number of carbonyl (C=O) groups excluding carboxylic acids is 1. The van der Waals surface area contributed by atoms with Crippen molar-refractivity contribution in [1.82, 2.24) is 0 Å². The lowest BCUT2D eigenvalue weighted by Gasteiger charge is -2.05.